The van der Waals surface area contributed by atoms with Crippen LogP contribution in [-0.2, 0) is 0 Å². The molecule has 0 rings (SSSR count). The summed E-state index contributed by atoms with van der Waals surface area (Å²) in [5.74, 6) is 0. The topological polar surface area (TPSA) is 32.3 Å². The van der Waals surface area contributed by atoms with Crippen LogP contribution in [0.4, 0.5) is 0 Å². The Hall–Kier alpha value is 0.270. The number of aliphatic hydroxyl groups is 1. The quantitative estimate of drug-likeness (QED) is 0.406. The van der Waals surface area contributed by atoms with Crippen LogP contribution in [0, 0.1) is 0 Å². The molecule has 0 aliphatic carbocycles. The highest BCUT2D eigenvalue weighted by atomic mass is 32.1. The molecule has 0 saturated carbocycles. The standard InChI is InChI=1S/C6H15NOS/c1-5(9)7-4-6(2,3)8/h5,7-9H,4H2,1-3H3. The molecule has 2 N–H and O–H groups in total. The first-order chi connectivity index (χ1) is 3.92. The molecule has 0 aromatic carbocycles. The predicted octanol–water partition coefficient (Wildman–Crippen LogP) is 0.623. The summed E-state index contributed by atoms with van der Waals surface area (Å²) in [7, 11) is 0. The van der Waals surface area contributed by atoms with Crippen molar-refractivity contribution in [1.29, 1.82) is 0 Å². The normalized spacial score (nSPS) is 15.7. The monoisotopic (exact) mass is 149 g/mol. The second kappa shape index (κ2) is 3.44. The smallest absolute Gasteiger partial charge is 0.0715 e. The predicted molar refractivity (Wildman–Crippen MR) is 42.7 cm³/mol. The van der Waals surface area contributed by atoms with Crippen LogP contribution in [0.3, 0.4) is 0 Å². The van der Waals surface area contributed by atoms with Crippen molar-refractivity contribution in [1.82, 2.24) is 5.32 Å². The van der Waals surface area contributed by atoms with Crippen LogP contribution in [0.5, 0.6) is 0 Å². The second-order valence-corrected chi connectivity index (χ2v) is 3.64. The number of hydrogen-bond acceptors (Lipinski definition) is 3. The van der Waals surface area contributed by atoms with E-state index in [0.717, 1.165) is 0 Å². The fourth-order valence-electron chi connectivity index (χ4n) is 0.397. The van der Waals surface area contributed by atoms with Gasteiger partial charge in [-0.05, 0) is 20.8 Å². The van der Waals surface area contributed by atoms with Crippen molar-refractivity contribution in [2.24, 2.45) is 0 Å². The van der Waals surface area contributed by atoms with Gasteiger partial charge in [0.2, 0.25) is 0 Å². The maximum Gasteiger partial charge on any atom is 0.0715 e. The van der Waals surface area contributed by atoms with Gasteiger partial charge in [-0.2, -0.15) is 12.6 Å². The molecule has 0 spiro atoms. The van der Waals surface area contributed by atoms with Crippen molar-refractivity contribution in [3.05, 3.63) is 0 Å². The molecule has 1 unspecified atom stereocenters. The SMILES string of the molecule is CC(S)NCC(C)(C)O. The Balaban J connectivity index is 3.28. The van der Waals surface area contributed by atoms with Gasteiger partial charge in [-0.1, -0.05) is 0 Å². The molecular weight excluding hydrogens is 134 g/mol. The van der Waals surface area contributed by atoms with Crippen molar-refractivity contribution < 1.29 is 5.11 Å². The molecule has 0 fully saturated rings. The summed E-state index contributed by atoms with van der Waals surface area (Å²) >= 11 is 4.09. The summed E-state index contributed by atoms with van der Waals surface area (Å²) in [6.45, 7) is 6.03. The molecule has 0 aliphatic rings. The Morgan fingerprint density at radius 2 is 2.11 bits per heavy atom. The molecule has 0 aromatic rings. The highest BCUT2D eigenvalue weighted by Gasteiger charge is 2.11. The number of thiol groups is 1. The van der Waals surface area contributed by atoms with Crippen molar-refractivity contribution in [3.8, 4) is 0 Å². The fraction of sp³-hybridized carbons (Fsp3) is 1.00. The van der Waals surface area contributed by atoms with Gasteiger partial charge in [0.1, 0.15) is 0 Å². The lowest BCUT2D eigenvalue weighted by molar-refractivity contribution is 0.0796. The Morgan fingerprint density at radius 1 is 1.67 bits per heavy atom. The highest BCUT2D eigenvalue weighted by Crippen LogP contribution is 1.98. The van der Waals surface area contributed by atoms with Crippen LogP contribution < -0.4 is 5.32 Å². The van der Waals surface area contributed by atoms with Gasteiger partial charge in [-0.15, -0.1) is 0 Å². The number of nitrogens with one attached hydrogen (secondary N) is 1. The summed E-state index contributed by atoms with van der Waals surface area (Å²) in [4.78, 5) is 0. The van der Waals surface area contributed by atoms with E-state index in [0.29, 0.717) is 6.54 Å². The maximum absolute atomic E-state index is 9.17. The van der Waals surface area contributed by atoms with Crippen LogP contribution in [0.2, 0.25) is 0 Å². The van der Waals surface area contributed by atoms with Crippen LogP contribution in [0.1, 0.15) is 20.8 Å². The van der Waals surface area contributed by atoms with E-state index in [9.17, 15) is 5.11 Å². The molecular formula is C6H15NOS. The first-order valence-electron chi connectivity index (χ1n) is 3.05. The molecule has 1 atom stereocenters. The van der Waals surface area contributed by atoms with Gasteiger partial charge >= 0.3 is 0 Å². The second-order valence-electron chi connectivity index (χ2n) is 2.87. The average Bonchev–Trinajstić information content (AvgIpc) is 1.59. The summed E-state index contributed by atoms with van der Waals surface area (Å²) in [6, 6.07) is 0. The molecule has 2 nitrogen and oxygen atoms in total. The number of hydrogen-bond donors (Lipinski definition) is 3. The lowest BCUT2D eigenvalue weighted by Crippen LogP contribution is -2.37. The summed E-state index contributed by atoms with van der Waals surface area (Å²) in [6.07, 6.45) is 0. The van der Waals surface area contributed by atoms with Gasteiger partial charge in [-0.3, -0.25) is 0 Å². The minimum absolute atomic E-state index is 0.149. The van der Waals surface area contributed by atoms with E-state index in [1.54, 1.807) is 13.8 Å². The summed E-state index contributed by atoms with van der Waals surface area (Å²) < 4.78 is 0. The zero-order valence-electron chi connectivity index (χ0n) is 6.18. The molecule has 56 valence electrons. The largest absolute Gasteiger partial charge is 0.389 e. The number of rotatable bonds is 3. The van der Waals surface area contributed by atoms with Gasteiger partial charge in [0.25, 0.3) is 0 Å². The molecule has 0 radical (unpaired) electrons. The maximum atomic E-state index is 9.17. The highest BCUT2D eigenvalue weighted by molar-refractivity contribution is 7.80. The molecule has 0 aromatic heterocycles. The molecule has 0 aliphatic heterocycles. The Bertz CT molecular complexity index is 77.6. The van der Waals surface area contributed by atoms with E-state index >= 15 is 0 Å². The van der Waals surface area contributed by atoms with Gasteiger partial charge < -0.3 is 10.4 Å². The van der Waals surface area contributed by atoms with Crippen LogP contribution in [-0.4, -0.2) is 22.6 Å². The molecule has 0 heterocycles. The summed E-state index contributed by atoms with van der Waals surface area (Å²) in [5, 5.41) is 12.3. The zero-order chi connectivity index (χ0) is 7.49. The third kappa shape index (κ3) is 8.27. The fourth-order valence-corrected chi connectivity index (χ4v) is 0.489. The average molecular weight is 149 g/mol. The Kier molecular flexibility index (Phi) is 3.54. The van der Waals surface area contributed by atoms with Crippen LogP contribution >= 0.6 is 12.6 Å². The van der Waals surface area contributed by atoms with E-state index in [1.165, 1.54) is 0 Å². The first kappa shape index (κ1) is 9.27. The van der Waals surface area contributed by atoms with E-state index < -0.39 is 5.60 Å². The van der Waals surface area contributed by atoms with E-state index in [4.69, 9.17) is 0 Å². The Morgan fingerprint density at radius 3 is 2.22 bits per heavy atom. The van der Waals surface area contributed by atoms with Gasteiger partial charge in [0, 0.05) is 11.9 Å². The van der Waals surface area contributed by atoms with Crippen molar-refractivity contribution >= 4 is 12.6 Å². The minimum Gasteiger partial charge on any atom is -0.389 e. The van der Waals surface area contributed by atoms with Gasteiger partial charge in [-0.25, -0.2) is 0 Å². The van der Waals surface area contributed by atoms with E-state index in [-0.39, 0.29) is 5.37 Å². The van der Waals surface area contributed by atoms with E-state index in [1.807, 2.05) is 6.92 Å². The lowest BCUT2D eigenvalue weighted by Gasteiger charge is -2.18. The minimum atomic E-state index is -0.628. The molecule has 3 heteroatoms. The molecule has 9 heavy (non-hydrogen) atoms. The Labute approximate surface area is 62.1 Å². The van der Waals surface area contributed by atoms with Crippen molar-refractivity contribution in [2.45, 2.75) is 31.7 Å². The lowest BCUT2D eigenvalue weighted by atomic mass is 10.1. The molecule has 0 amide bonds. The molecule has 0 saturated heterocycles. The van der Waals surface area contributed by atoms with Gasteiger partial charge in [0.15, 0.2) is 0 Å². The van der Waals surface area contributed by atoms with Gasteiger partial charge in [0.05, 0.1) is 5.60 Å². The summed E-state index contributed by atoms with van der Waals surface area (Å²) in [5.41, 5.74) is -0.628. The van der Waals surface area contributed by atoms with Crippen LogP contribution in [0.25, 0.3) is 0 Å². The third-order valence-electron chi connectivity index (χ3n) is 0.830. The van der Waals surface area contributed by atoms with Crippen LogP contribution in [0.15, 0.2) is 0 Å². The van der Waals surface area contributed by atoms with Crippen molar-refractivity contribution in [3.63, 3.8) is 0 Å². The third-order valence-corrected chi connectivity index (χ3v) is 1.01. The first-order valence-corrected chi connectivity index (χ1v) is 3.57. The van der Waals surface area contributed by atoms with Crippen molar-refractivity contribution in [2.75, 3.05) is 6.54 Å². The van der Waals surface area contributed by atoms with E-state index in [2.05, 4.69) is 17.9 Å². The molecule has 0 bridgehead atoms. The zero-order valence-corrected chi connectivity index (χ0v) is 7.07.